The third-order valence-corrected chi connectivity index (χ3v) is 7.48. The van der Waals surface area contributed by atoms with Gasteiger partial charge in [-0.2, -0.15) is 0 Å². The third kappa shape index (κ3) is 2.08. The van der Waals surface area contributed by atoms with Crippen molar-refractivity contribution in [2.24, 2.45) is 5.41 Å². The number of hydrogen-bond acceptors (Lipinski definition) is 5. The molecule has 0 bridgehead atoms. The summed E-state index contributed by atoms with van der Waals surface area (Å²) in [5.41, 5.74) is 1.44. The fourth-order valence-electron chi connectivity index (χ4n) is 6.25. The first kappa shape index (κ1) is 18.0. The van der Waals surface area contributed by atoms with Gasteiger partial charge >= 0.3 is 5.97 Å². The van der Waals surface area contributed by atoms with Crippen LogP contribution in [0, 0.1) is 5.41 Å². The maximum Gasteiger partial charge on any atom is 0.359 e. The molecule has 0 saturated carbocycles. The zero-order valence-corrected chi connectivity index (χ0v) is 16.8. The summed E-state index contributed by atoms with van der Waals surface area (Å²) in [5.74, 6) is 0.220. The molecule has 28 heavy (non-hydrogen) atoms. The number of aromatic nitrogens is 1. The molecule has 0 aliphatic carbocycles. The molecule has 150 valence electrons. The van der Waals surface area contributed by atoms with Gasteiger partial charge in [0.05, 0.1) is 25.8 Å². The van der Waals surface area contributed by atoms with Crippen molar-refractivity contribution in [1.82, 2.24) is 9.47 Å². The lowest BCUT2D eigenvalue weighted by atomic mass is 9.62. The van der Waals surface area contributed by atoms with E-state index in [2.05, 4.69) is 11.8 Å². The number of carbonyl (C=O) groups is 1. The first-order chi connectivity index (χ1) is 13.5. The van der Waals surface area contributed by atoms with E-state index in [1.165, 1.54) is 12.7 Å². The van der Waals surface area contributed by atoms with Gasteiger partial charge in [0.2, 0.25) is 5.72 Å². The van der Waals surface area contributed by atoms with Gasteiger partial charge in [0.15, 0.2) is 0 Å². The van der Waals surface area contributed by atoms with Crippen LogP contribution < -0.4 is 4.74 Å². The lowest BCUT2D eigenvalue weighted by Crippen LogP contribution is -2.60. The van der Waals surface area contributed by atoms with Crippen molar-refractivity contribution in [2.45, 2.75) is 50.8 Å². The average Bonchev–Trinajstić information content (AvgIpc) is 3.07. The molecule has 0 amide bonds. The standard InChI is InChI=1S/C22H28N2O4/c1-4-21-9-5-10-23-11-8-15-16-12-14(27-2)6-7-17(16)24(18(15)19(21)23)22(26,13-21)20(25)28-3/h6-7,12,19,26H,4-5,8-11,13H2,1-3H3/t19-,21+,22+/m1/s1. The second-order valence-electron chi connectivity index (χ2n) is 8.58. The van der Waals surface area contributed by atoms with Crippen molar-refractivity contribution in [1.29, 1.82) is 0 Å². The molecule has 0 radical (unpaired) electrons. The number of nitrogens with zero attached hydrogens (tertiary/aromatic N) is 2. The van der Waals surface area contributed by atoms with Gasteiger partial charge in [-0.05, 0) is 61.4 Å². The number of fused-ring (bicyclic) bond motifs is 3. The van der Waals surface area contributed by atoms with Gasteiger partial charge in [0.25, 0.3) is 0 Å². The second-order valence-corrected chi connectivity index (χ2v) is 8.58. The molecule has 3 aliphatic heterocycles. The van der Waals surface area contributed by atoms with E-state index in [0.29, 0.717) is 6.42 Å². The van der Waals surface area contributed by atoms with Gasteiger partial charge in [0.1, 0.15) is 5.75 Å². The van der Waals surface area contributed by atoms with E-state index >= 15 is 0 Å². The summed E-state index contributed by atoms with van der Waals surface area (Å²) < 4.78 is 12.5. The predicted molar refractivity (Wildman–Crippen MR) is 105 cm³/mol. The smallest absolute Gasteiger partial charge is 0.359 e. The Hall–Kier alpha value is -2.05. The van der Waals surface area contributed by atoms with Crippen molar-refractivity contribution in [2.75, 3.05) is 27.3 Å². The number of methoxy groups -OCH3 is 2. The first-order valence-electron chi connectivity index (χ1n) is 10.3. The van der Waals surface area contributed by atoms with Crippen LogP contribution in [-0.4, -0.2) is 47.9 Å². The molecule has 1 aromatic carbocycles. The topological polar surface area (TPSA) is 63.9 Å². The Bertz CT molecular complexity index is 967. The van der Waals surface area contributed by atoms with Gasteiger partial charge < -0.3 is 19.1 Å². The normalized spacial score (nSPS) is 31.5. The number of carbonyl (C=O) groups excluding carboxylic acids is 1. The van der Waals surface area contributed by atoms with E-state index in [4.69, 9.17) is 9.47 Å². The molecule has 0 unspecified atom stereocenters. The maximum absolute atomic E-state index is 12.9. The summed E-state index contributed by atoms with van der Waals surface area (Å²) in [7, 11) is 3.03. The summed E-state index contributed by atoms with van der Waals surface area (Å²) in [6, 6.07) is 6.14. The molecule has 0 spiro atoms. The fraction of sp³-hybridized carbons (Fsp3) is 0.591. The monoisotopic (exact) mass is 384 g/mol. The molecule has 3 aliphatic rings. The van der Waals surface area contributed by atoms with Crippen LogP contribution in [0.2, 0.25) is 0 Å². The minimum atomic E-state index is -1.68. The number of piperidine rings is 1. The number of ether oxygens (including phenoxy) is 2. The Kier molecular flexibility index (Phi) is 3.84. The molecule has 4 heterocycles. The van der Waals surface area contributed by atoms with Gasteiger partial charge in [-0.3, -0.25) is 4.90 Å². The van der Waals surface area contributed by atoms with E-state index < -0.39 is 11.7 Å². The number of aliphatic hydroxyl groups is 1. The molecule has 6 heteroatoms. The molecular formula is C22H28N2O4. The molecule has 1 fully saturated rings. The Morgan fingerprint density at radius 1 is 1.32 bits per heavy atom. The van der Waals surface area contributed by atoms with Crippen LogP contribution in [0.5, 0.6) is 5.75 Å². The van der Waals surface area contributed by atoms with Crippen LogP contribution in [0.4, 0.5) is 0 Å². The highest BCUT2D eigenvalue weighted by Gasteiger charge is 2.60. The zero-order chi connectivity index (χ0) is 19.7. The Labute approximate surface area is 165 Å². The van der Waals surface area contributed by atoms with Crippen molar-refractivity contribution >= 4 is 16.9 Å². The fourth-order valence-corrected chi connectivity index (χ4v) is 6.25. The quantitative estimate of drug-likeness (QED) is 0.825. The van der Waals surface area contributed by atoms with Crippen LogP contribution in [-0.2, 0) is 21.7 Å². The minimum absolute atomic E-state index is 0.120. The Balaban J connectivity index is 1.88. The van der Waals surface area contributed by atoms with Crippen molar-refractivity contribution in [3.8, 4) is 5.75 Å². The predicted octanol–water partition coefficient (Wildman–Crippen LogP) is 2.96. The zero-order valence-electron chi connectivity index (χ0n) is 16.8. The molecule has 2 aromatic rings. The number of hydrogen-bond donors (Lipinski definition) is 1. The molecule has 1 aromatic heterocycles. The molecular weight excluding hydrogens is 356 g/mol. The first-order valence-corrected chi connectivity index (χ1v) is 10.3. The van der Waals surface area contributed by atoms with E-state index in [1.54, 1.807) is 7.11 Å². The van der Waals surface area contributed by atoms with Crippen LogP contribution in [0.15, 0.2) is 18.2 Å². The summed E-state index contributed by atoms with van der Waals surface area (Å²) in [6.45, 7) is 4.29. The number of benzene rings is 1. The molecule has 6 nitrogen and oxygen atoms in total. The van der Waals surface area contributed by atoms with E-state index in [9.17, 15) is 9.90 Å². The van der Waals surface area contributed by atoms with Crippen LogP contribution in [0.1, 0.15) is 49.9 Å². The van der Waals surface area contributed by atoms with Gasteiger partial charge in [-0.15, -0.1) is 0 Å². The van der Waals surface area contributed by atoms with Gasteiger partial charge in [0, 0.05) is 24.0 Å². The Morgan fingerprint density at radius 2 is 2.14 bits per heavy atom. The molecule has 3 atom stereocenters. The summed E-state index contributed by atoms with van der Waals surface area (Å²) >= 11 is 0. The number of esters is 1. The maximum atomic E-state index is 12.9. The van der Waals surface area contributed by atoms with Crippen LogP contribution in [0.3, 0.4) is 0 Å². The molecule has 1 saturated heterocycles. The minimum Gasteiger partial charge on any atom is -0.497 e. The lowest BCUT2D eigenvalue weighted by molar-refractivity contribution is -0.194. The van der Waals surface area contributed by atoms with Crippen molar-refractivity contribution in [3.05, 3.63) is 29.5 Å². The number of rotatable bonds is 3. The van der Waals surface area contributed by atoms with Gasteiger partial charge in [-0.25, -0.2) is 4.79 Å². The van der Waals surface area contributed by atoms with E-state index in [0.717, 1.165) is 61.1 Å². The Morgan fingerprint density at radius 3 is 2.86 bits per heavy atom. The highest BCUT2D eigenvalue weighted by Crippen LogP contribution is 2.60. The summed E-state index contributed by atoms with van der Waals surface area (Å²) in [5, 5.41) is 12.9. The van der Waals surface area contributed by atoms with E-state index in [-0.39, 0.29) is 11.5 Å². The highest BCUT2D eigenvalue weighted by atomic mass is 16.5. The largest absolute Gasteiger partial charge is 0.497 e. The summed E-state index contributed by atoms with van der Waals surface area (Å²) in [4.78, 5) is 15.5. The SMILES string of the molecule is CC[C@]12CCCN3CCc4c(n(c5ccc(OC)cc45)[C@@](O)(C(=O)OC)C1)[C@@H]32. The van der Waals surface area contributed by atoms with Crippen LogP contribution in [0.25, 0.3) is 10.9 Å². The highest BCUT2D eigenvalue weighted by molar-refractivity contribution is 5.91. The summed E-state index contributed by atoms with van der Waals surface area (Å²) in [6.07, 6.45) is 4.36. The van der Waals surface area contributed by atoms with E-state index in [1.807, 2.05) is 22.8 Å². The van der Waals surface area contributed by atoms with Gasteiger partial charge in [-0.1, -0.05) is 6.92 Å². The molecule has 5 rings (SSSR count). The molecule has 1 N–H and O–H groups in total. The average molecular weight is 384 g/mol. The van der Waals surface area contributed by atoms with Crippen molar-refractivity contribution in [3.63, 3.8) is 0 Å². The third-order valence-electron chi connectivity index (χ3n) is 7.48. The van der Waals surface area contributed by atoms with Crippen LogP contribution >= 0.6 is 0 Å². The van der Waals surface area contributed by atoms with Crippen molar-refractivity contribution < 1.29 is 19.4 Å². The lowest BCUT2D eigenvalue weighted by Gasteiger charge is -2.57. The second kappa shape index (κ2) is 5.97.